The number of rotatable bonds is 23. The van der Waals surface area contributed by atoms with Crippen molar-refractivity contribution in [3.8, 4) is 17.2 Å². The SMILES string of the molecule is CC[N+]1=c2cc3c(cc2C(C)CC1(C)C)=C(c1ccc(C(=O)N(CC(=O)O)CC(=O)O)cc1C)c1ccc(N(C)c2ccc(O)cc2)cc1[Si]3(C)C.CC[N+]1=c2cc3c(cc2C(C)CC1(C)C)=C(c1ccc(C(=O)N(CC(=O)OC)CC(=O)OC)cc1C)c1ccc(N(C)c2ccc(O)cc2)cc1[Si]3(C)C.CC[N+]1=c2cc3c(cc2C(C)CC1(C)C)=C(c1ccc(C(=O)O)cc1C)c1ccc(N(C)c2ccc(O)cc2)cc1[Si]3(C)C. The van der Waals surface area contributed by atoms with E-state index in [0.29, 0.717) is 28.9 Å². The second-order valence-electron chi connectivity index (χ2n) is 44.9. The number of aromatic hydroxyl groups is 3. The summed E-state index contributed by atoms with van der Waals surface area (Å²) in [6.45, 7) is 49.1. The molecular weight excluding hydrogens is 1930 g/mol. The van der Waals surface area contributed by atoms with Crippen molar-refractivity contribution in [3.63, 3.8) is 0 Å². The summed E-state index contributed by atoms with van der Waals surface area (Å²) in [5, 5.41) is 74.0. The lowest BCUT2D eigenvalue weighted by atomic mass is 9.82. The van der Waals surface area contributed by atoms with Crippen LogP contribution in [-0.4, -0.2) is 204 Å². The number of methoxy groups -OCH3 is 2. The smallest absolute Gasteiger partial charge is 0.335 e. The van der Waals surface area contributed by atoms with Crippen LogP contribution in [0.25, 0.3) is 16.7 Å². The normalized spacial score (nSPS) is 17.0. The standard InChI is InChI=1S/C44H51N3O6Si.C42H47N3O6Si.C38H42N2O3Si/c1-11-47-37-23-39-36(22-35(37)28(3)24-44(47,4)5)42(33-18-12-29(20-27(33)2)43(51)46(25-40(49)52-7)26-41(50)53-8)34-19-15-31(21-38(34)54(39,9)10)45(6)30-13-16-32(48)17-14-30;1-9-45-35-21-37-34(20-33(35)26(3)22-42(45,4)5)40(31-16-10-27(18-25(31)2)41(51)44(23-38(47)48)24-39(49)50)32-17-13-29(19-36(32)52(37,7)8)43(6)28-11-14-30(46)15-12-28;1-9-40-33-21-35-32(20-31(33)24(3)22-38(40,4)5)36(29-16-10-25(37(42)43)18-23(29)2)30-17-13-27(19-34(30)44(35,7)8)39(6)26-11-14-28(41)15-12-26/h12-23,28H,11,24-26H2,1-10H3;10-21,26H,9,22-24H2,1-8H3,(H2-,46,47,48,49,50,51);10-21,24H,9,22H2,1-8H3,(H-,41,42,43)/p+3. The lowest BCUT2D eigenvalue weighted by molar-refractivity contribution is -0.145. The number of hydrogen-bond donors (Lipinski definition) is 6. The minimum atomic E-state index is -2.34. The van der Waals surface area contributed by atoms with Crippen LogP contribution in [0.1, 0.15) is 218 Å². The van der Waals surface area contributed by atoms with Crippen LogP contribution in [0.3, 0.4) is 0 Å². The van der Waals surface area contributed by atoms with E-state index in [4.69, 9.17) is 9.47 Å². The quantitative estimate of drug-likeness (QED) is 0.0197. The molecule has 0 saturated heterocycles. The number of phenolic OH excluding ortho intramolecular Hbond substituents is 3. The Hall–Kier alpha value is -14.6. The molecule has 6 heterocycles. The molecule has 18 rings (SSSR count). The monoisotopic (exact) mass is 2070 g/mol. The summed E-state index contributed by atoms with van der Waals surface area (Å²) in [6, 6.07) is 73.3. The summed E-state index contributed by atoms with van der Waals surface area (Å²) in [7, 11) is 1.75. The Morgan fingerprint density at radius 3 is 0.827 bits per heavy atom. The van der Waals surface area contributed by atoms with Crippen LogP contribution in [0.15, 0.2) is 218 Å². The lowest BCUT2D eigenvalue weighted by Gasteiger charge is -2.36. The van der Waals surface area contributed by atoms with Gasteiger partial charge in [0.15, 0.2) is 16.6 Å². The van der Waals surface area contributed by atoms with Gasteiger partial charge < -0.3 is 64.6 Å². The number of esters is 2. The molecular formula is C124H143N8O15Si3+3. The molecule has 0 bridgehead atoms. The predicted octanol–water partition coefficient (Wildman–Crippen LogP) is 14.0. The highest BCUT2D eigenvalue weighted by atomic mass is 28.3. The highest BCUT2D eigenvalue weighted by molar-refractivity contribution is 7.02. The predicted molar refractivity (Wildman–Crippen MR) is 608 cm³/mol. The zero-order valence-corrected chi connectivity index (χ0v) is 94.5. The summed E-state index contributed by atoms with van der Waals surface area (Å²) < 4.78 is 17.3. The molecule has 0 fully saturated rings. The molecule has 2 amide bonds. The Labute approximate surface area is 882 Å². The van der Waals surface area contributed by atoms with Gasteiger partial charge in [0, 0.05) is 121 Å². The average molecular weight is 2070 g/mol. The van der Waals surface area contributed by atoms with E-state index >= 15 is 0 Å². The van der Waals surface area contributed by atoms with E-state index < -0.39 is 79.0 Å². The Kier molecular flexibility index (Phi) is 29.8. The summed E-state index contributed by atoms with van der Waals surface area (Å²) in [6.07, 6.45) is 3.18. The van der Waals surface area contributed by atoms with Crippen molar-refractivity contribution in [2.75, 3.05) is 95.9 Å². The molecule has 0 spiro atoms. The number of aliphatic carboxylic acids is 2. The van der Waals surface area contributed by atoms with E-state index in [2.05, 4.69) is 249 Å². The molecule has 26 heteroatoms. The van der Waals surface area contributed by atoms with Gasteiger partial charge in [-0.05, 0) is 378 Å². The van der Waals surface area contributed by atoms with Gasteiger partial charge in [0.1, 0.15) is 87.3 Å². The lowest BCUT2D eigenvalue weighted by Crippen LogP contribution is -2.65. The first-order valence-electron chi connectivity index (χ1n) is 52.0. The molecule has 12 aromatic rings. The molecule has 0 aromatic heterocycles. The van der Waals surface area contributed by atoms with E-state index in [9.17, 15) is 64.2 Å². The molecule has 3 atom stereocenters. The third-order valence-electron chi connectivity index (χ3n) is 32.6. The number of aryl methyl sites for hydroxylation is 3. The van der Waals surface area contributed by atoms with E-state index in [-0.39, 0.29) is 52.5 Å². The number of phenols is 3. The number of carbonyl (C=O) groups excluding carboxylic acids is 4. The van der Waals surface area contributed by atoms with Crippen LogP contribution in [0, 0.1) is 20.8 Å². The topological polar surface area (TPSA) is 285 Å². The third-order valence-corrected chi connectivity index (χ3v) is 43.2. The van der Waals surface area contributed by atoms with Crippen molar-refractivity contribution in [2.45, 2.75) is 197 Å². The van der Waals surface area contributed by atoms with Crippen LogP contribution in [0.5, 0.6) is 17.2 Å². The van der Waals surface area contributed by atoms with E-state index in [0.717, 1.165) is 133 Å². The molecule has 3 unspecified atom stereocenters. The van der Waals surface area contributed by atoms with Crippen molar-refractivity contribution in [2.24, 2.45) is 0 Å². The maximum Gasteiger partial charge on any atom is 0.335 e. The summed E-state index contributed by atoms with van der Waals surface area (Å²) in [4.78, 5) is 95.0. The van der Waals surface area contributed by atoms with Gasteiger partial charge in [-0.15, -0.1) is 0 Å². The van der Waals surface area contributed by atoms with Gasteiger partial charge in [-0.25, -0.2) is 18.5 Å². The second-order valence-corrected chi connectivity index (χ2v) is 57.9. The summed E-state index contributed by atoms with van der Waals surface area (Å²) >= 11 is 0. The molecule has 0 aliphatic carbocycles. The average Bonchev–Trinajstić information content (AvgIpc) is 0.710. The van der Waals surface area contributed by atoms with E-state index in [1.165, 1.54) is 110 Å². The van der Waals surface area contributed by atoms with Gasteiger partial charge >= 0.3 is 29.8 Å². The third kappa shape index (κ3) is 20.2. The van der Waals surface area contributed by atoms with Crippen molar-refractivity contribution in [1.82, 2.24) is 23.5 Å². The Morgan fingerprint density at radius 2 is 0.580 bits per heavy atom. The van der Waals surface area contributed by atoms with Gasteiger partial charge in [0.05, 0.1) is 19.8 Å². The van der Waals surface area contributed by atoms with Gasteiger partial charge in [-0.1, -0.05) is 96.5 Å². The number of anilines is 6. The molecule has 12 aromatic carbocycles. The number of benzene rings is 12. The molecule has 150 heavy (non-hydrogen) atoms. The van der Waals surface area contributed by atoms with E-state index in [1.54, 1.807) is 66.7 Å². The van der Waals surface area contributed by atoms with Crippen molar-refractivity contribution in [1.29, 1.82) is 0 Å². The van der Waals surface area contributed by atoms with Crippen molar-refractivity contribution >= 4 is 148 Å². The number of amides is 2. The first-order chi connectivity index (χ1) is 70.7. The minimum absolute atomic E-state index is 0.00827. The number of nitrogens with zero attached hydrogens (tertiary/aromatic N) is 8. The van der Waals surface area contributed by atoms with Crippen LogP contribution in [-0.2, 0) is 28.7 Å². The highest BCUT2D eigenvalue weighted by Gasteiger charge is 2.47. The highest BCUT2D eigenvalue weighted by Crippen LogP contribution is 2.41. The minimum Gasteiger partial charge on any atom is -0.508 e. The molecule has 23 nitrogen and oxygen atoms in total. The number of hydrogen-bond acceptors (Lipinski definition) is 15. The van der Waals surface area contributed by atoms with E-state index in [1.807, 2.05) is 95.5 Å². The Morgan fingerprint density at radius 1 is 0.333 bits per heavy atom. The van der Waals surface area contributed by atoms with Gasteiger partial charge in [0.25, 0.3) is 11.8 Å². The first-order valence-corrected chi connectivity index (χ1v) is 61.0. The molecule has 0 saturated carbocycles. The molecule has 6 aliphatic rings. The number of carboxylic acid groups (broad SMARTS) is 3. The maximum absolute atomic E-state index is 13.8. The summed E-state index contributed by atoms with van der Waals surface area (Å²) in [5.41, 5.74) is 23.9. The van der Waals surface area contributed by atoms with Crippen LogP contribution in [0.4, 0.5) is 34.1 Å². The molecule has 6 aliphatic heterocycles. The van der Waals surface area contributed by atoms with Crippen molar-refractivity contribution in [3.05, 3.63) is 334 Å². The fourth-order valence-electron chi connectivity index (χ4n) is 25.0. The molecule has 6 N–H and O–H groups in total. The zero-order valence-electron chi connectivity index (χ0n) is 91.5. The van der Waals surface area contributed by atoms with Crippen molar-refractivity contribution < 1.29 is 73.7 Å². The van der Waals surface area contributed by atoms with Gasteiger partial charge in [-0.2, -0.15) is 0 Å². The fraction of sp³-hybridized carbons (Fsp3) is 0.339. The molecule has 778 valence electrons. The number of ether oxygens (including phenoxy) is 2. The fourth-order valence-corrected chi connectivity index (χ4v) is 34.1. The Balaban J connectivity index is 0.000000161. The van der Waals surface area contributed by atoms with Gasteiger partial charge in [0.2, 0.25) is 16.1 Å². The second kappa shape index (κ2) is 41.4. The maximum atomic E-state index is 13.8. The van der Waals surface area contributed by atoms with Crippen LogP contribution in [0.2, 0.25) is 39.3 Å². The Bertz CT molecular complexity index is 7950. The van der Waals surface area contributed by atoms with Crippen LogP contribution < -0.4 is 91.3 Å². The van der Waals surface area contributed by atoms with Gasteiger partial charge in [-0.3, -0.25) is 28.8 Å². The zero-order chi connectivity index (χ0) is 109. The first kappa shape index (κ1) is 108. The number of fused-ring (bicyclic) bond motifs is 9. The number of carbonyl (C=O) groups is 7. The number of carboxylic acids is 3. The largest absolute Gasteiger partial charge is 0.508 e. The number of aromatic carboxylic acids is 1. The summed E-state index contributed by atoms with van der Waals surface area (Å²) in [5.74, 6) is -3.98. The van der Waals surface area contributed by atoms with Crippen LogP contribution >= 0.6 is 0 Å². The molecule has 0 radical (unpaired) electrons.